The molecule has 0 aliphatic heterocycles. The molecule has 1 atom stereocenters. The number of aliphatic imine (C=N–C) groups is 1. The van der Waals surface area contributed by atoms with Gasteiger partial charge in [0.25, 0.3) is 0 Å². The fraction of sp³-hybridized carbons (Fsp3) is 0.789. The van der Waals surface area contributed by atoms with Crippen molar-refractivity contribution in [2.75, 3.05) is 26.7 Å². The molecule has 1 aromatic rings. The van der Waals surface area contributed by atoms with E-state index in [0.29, 0.717) is 6.10 Å². The van der Waals surface area contributed by atoms with Crippen LogP contribution < -0.4 is 10.6 Å². The molecule has 0 aromatic carbocycles. The van der Waals surface area contributed by atoms with Crippen LogP contribution in [0, 0.1) is 19.8 Å². The van der Waals surface area contributed by atoms with E-state index < -0.39 is 0 Å². The third-order valence-electron chi connectivity index (χ3n) is 4.96. The van der Waals surface area contributed by atoms with Gasteiger partial charge in [0.2, 0.25) is 0 Å². The number of rotatable bonds is 9. The highest BCUT2D eigenvalue weighted by Crippen LogP contribution is 2.30. The highest BCUT2D eigenvalue weighted by Gasteiger charge is 2.25. The van der Waals surface area contributed by atoms with E-state index in [1.807, 2.05) is 7.05 Å². The Balaban J connectivity index is 1.68. The molecule has 1 fully saturated rings. The van der Waals surface area contributed by atoms with Crippen LogP contribution in [0.25, 0.3) is 0 Å². The fourth-order valence-electron chi connectivity index (χ4n) is 3.49. The first-order valence-electron chi connectivity index (χ1n) is 9.63. The second-order valence-corrected chi connectivity index (χ2v) is 8.04. The molecule has 1 aromatic heterocycles. The van der Waals surface area contributed by atoms with Crippen LogP contribution in [0.2, 0.25) is 0 Å². The SMILES string of the molecule is CCOC(CCNC(=NC)NCCc1nc(C)c(C)s1)C1CCCC1. The predicted octanol–water partition coefficient (Wildman–Crippen LogP) is 3.45. The molecule has 0 bridgehead atoms. The van der Waals surface area contributed by atoms with Gasteiger partial charge in [-0.1, -0.05) is 12.8 Å². The van der Waals surface area contributed by atoms with Crippen LogP contribution in [0.5, 0.6) is 0 Å². The smallest absolute Gasteiger partial charge is 0.190 e. The number of ether oxygens (including phenoxy) is 1. The number of hydrogen-bond donors (Lipinski definition) is 2. The summed E-state index contributed by atoms with van der Waals surface area (Å²) in [5.74, 6) is 1.61. The molecule has 0 spiro atoms. The van der Waals surface area contributed by atoms with Crippen molar-refractivity contribution in [3.8, 4) is 0 Å². The van der Waals surface area contributed by atoms with Crippen molar-refractivity contribution >= 4 is 17.3 Å². The maximum atomic E-state index is 5.99. The van der Waals surface area contributed by atoms with Gasteiger partial charge in [0.15, 0.2) is 5.96 Å². The lowest BCUT2D eigenvalue weighted by molar-refractivity contribution is 0.0169. The molecule has 1 aliphatic carbocycles. The highest BCUT2D eigenvalue weighted by atomic mass is 32.1. The molecule has 5 nitrogen and oxygen atoms in total. The molecular weight excluding hydrogens is 332 g/mol. The number of aromatic nitrogens is 1. The lowest BCUT2D eigenvalue weighted by Crippen LogP contribution is -2.40. The molecule has 142 valence electrons. The van der Waals surface area contributed by atoms with Gasteiger partial charge in [-0.05, 0) is 46.0 Å². The van der Waals surface area contributed by atoms with Gasteiger partial charge in [-0.2, -0.15) is 0 Å². The van der Waals surface area contributed by atoms with Crippen LogP contribution in [-0.2, 0) is 11.2 Å². The van der Waals surface area contributed by atoms with Crippen molar-refractivity contribution in [3.63, 3.8) is 0 Å². The van der Waals surface area contributed by atoms with Crippen molar-refractivity contribution in [2.45, 2.75) is 65.4 Å². The van der Waals surface area contributed by atoms with E-state index in [1.54, 1.807) is 11.3 Å². The number of nitrogens with zero attached hydrogens (tertiary/aromatic N) is 2. The maximum absolute atomic E-state index is 5.99. The molecule has 2 N–H and O–H groups in total. The van der Waals surface area contributed by atoms with Gasteiger partial charge in [-0.15, -0.1) is 11.3 Å². The van der Waals surface area contributed by atoms with E-state index in [1.165, 1.54) is 35.6 Å². The van der Waals surface area contributed by atoms with Gasteiger partial charge < -0.3 is 15.4 Å². The normalized spacial score (nSPS) is 17.0. The topological polar surface area (TPSA) is 58.5 Å². The van der Waals surface area contributed by atoms with Crippen molar-refractivity contribution < 1.29 is 4.74 Å². The van der Waals surface area contributed by atoms with Crippen LogP contribution >= 0.6 is 11.3 Å². The van der Waals surface area contributed by atoms with E-state index in [2.05, 4.69) is 41.4 Å². The van der Waals surface area contributed by atoms with Gasteiger partial charge in [-0.3, -0.25) is 4.99 Å². The first-order chi connectivity index (χ1) is 12.1. The average molecular weight is 367 g/mol. The minimum Gasteiger partial charge on any atom is -0.378 e. The largest absolute Gasteiger partial charge is 0.378 e. The van der Waals surface area contributed by atoms with E-state index in [9.17, 15) is 0 Å². The molecular formula is C19H34N4OS. The summed E-state index contributed by atoms with van der Waals surface area (Å²) in [6, 6.07) is 0. The second kappa shape index (κ2) is 10.8. The summed E-state index contributed by atoms with van der Waals surface area (Å²) < 4.78 is 5.99. The van der Waals surface area contributed by atoms with Crippen LogP contribution in [0.3, 0.4) is 0 Å². The summed E-state index contributed by atoms with van der Waals surface area (Å²) in [6.07, 6.45) is 7.74. The Morgan fingerprint density at radius 2 is 2.00 bits per heavy atom. The quantitative estimate of drug-likeness (QED) is 0.519. The molecule has 25 heavy (non-hydrogen) atoms. The number of hydrogen-bond acceptors (Lipinski definition) is 4. The van der Waals surface area contributed by atoms with Gasteiger partial charge in [0.05, 0.1) is 16.8 Å². The van der Waals surface area contributed by atoms with Gasteiger partial charge >= 0.3 is 0 Å². The predicted molar refractivity (Wildman–Crippen MR) is 107 cm³/mol. The maximum Gasteiger partial charge on any atom is 0.190 e. The Morgan fingerprint density at radius 3 is 2.60 bits per heavy atom. The van der Waals surface area contributed by atoms with Crippen LogP contribution in [-0.4, -0.2) is 43.8 Å². The standard InChI is InChI=1S/C19H34N4OS/c1-5-24-17(16-8-6-7-9-16)10-12-21-19(20-4)22-13-11-18-23-14(2)15(3)25-18/h16-17H,5-13H2,1-4H3,(H2,20,21,22). The van der Waals surface area contributed by atoms with Gasteiger partial charge in [-0.25, -0.2) is 4.98 Å². The number of nitrogens with one attached hydrogen (secondary N) is 2. The Morgan fingerprint density at radius 1 is 1.28 bits per heavy atom. The molecule has 0 radical (unpaired) electrons. The number of guanidine groups is 1. The average Bonchev–Trinajstić information content (AvgIpc) is 3.23. The van der Waals surface area contributed by atoms with E-state index in [4.69, 9.17) is 4.74 Å². The zero-order valence-corrected chi connectivity index (χ0v) is 17.0. The number of aryl methyl sites for hydroxylation is 2. The Labute approximate surface area is 156 Å². The van der Waals surface area contributed by atoms with Gasteiger partial charge in [0.1, 0.15) is 0 Å². The Kier molecular flexibility index (Phi) is 8.68. The van der Waals surface area contributed by atoms with Crippen LogP contribution in [0.4, 0.5) is 0 Å². The summed E-state index contributed by atoms with van der Waals surface area (Å²) in [4.78, 5) is 10.2. The van der Waals surface area contributed by atoms with E-state index in [-0.39, 0.29) is 0 Å². The van der Waals surface area contributed by atoms with E-state index in [0.717, 1.165) is 50.1 Å². The third-order valence-corrected chi connectivity index (χ3v) is 6.09. The summed E-state index contributed by atoms with van der Waals surface area (Å²) in [7, 11) is 1.82. The minimum atomic E-state index is 0.388. The molecule has 0 saturated heterocycles. The van der Waals surface area contributed by atoms with Crippen LogP contribution in [0.1, 0.15) is 54.6 Å². The molecule has 2 rings (SSSR count). The number of thiazole rings is 1. The molecule has 6 heteroatoms. The summed E-state index contributed by atoms with van der Waals surface area (Å²) in [5, 5.41) is 8.00. The van der Waals surface area contributed by atoms with Crippen molar-refractivity contribution in [3.05, 3.63) is 15.6 Å². The summed E-state index contributed by atoms with van der Waals surface area (Å²) in [5.41, 5.74) is 1.15. The summed E-state index contributed by atoms with van der Waals surface area (Å²) >= 11 is 1.79. The minimum absolute atomic E-state index is 0.388. The molecule has 0 amide bonds. The highest BCUT2D eigenvalue weighted by molar-refractivity contribution is 7.11. The Bertz CT molecular complexity index is 518. The monoisotopic (exact) mass is 366 g/mol. The lowest BCUT2D eigenvalue weighted by Gasteiger charge is -2.24. The Hall–Kier alpha value is -1.14. The summed E-state index contributed by atoms with van der Waals surface area (Å²) in [6.45, 7) is 8.85. The second-order valence-electron chi connectivity index (χ2n) is 6.75. The first kappa shape index (κ1) is 20.2. The van der Waals surface area contributed by atoms with Crippen LogP contribution in [0.15, 0.2) is 4.99 Å². The zero-order chi connectivity index (χ0) is 18.1. The van der Waals surface area contributed by atoms with Crippen molar-refractivity contribution in [1.82, 2.24) is 15.6 Å². The molecule has 1 heterocycles. The van der Waals surface area contributed by atoms with E-state index >= 15 is 0 Å². The lowest BCUT2D eigenvalue weighted by atomic mass is 9.98. The van der Waals surface area contributed by atoms with Gasteiger partial charge in [0, 0.05) is 38.0 Å². The molecule has 1 unspecified atom stereocenters. The zero-order valence-electron chi connectivity index (χ0n) is 16.2. The molecule has 1 saturated carbocycles. The van der Waals surface area contributed by atoms with Crippen molar-refractivity contribution in [2.24, 2.45) is 10.9 Å². The van der Waals surface area contributed by atoms with Crippen molar-refractivity contribution in [1.29, 1.82) is 0 Å². The molecule has 1 aliphatic rings. The fourth-order valence-corrected chi connectivity index (χ4v) is 4.42. The third kappa shape index (κ3) is 6.59. The first-order valence-corrected chi connectivity index (χ1v) is 10.4.